The first kappa shape index (κ1) is 31.9. The maximum atomic E-state index is 14.2. The second-order valence-corrected chi connectivity index (χ2v) is 11.7. The number of hydrogen-bond acceptors (Lipinski definition) is 5. The fraction of sp³-hybridized carbons (Fsp3) is 0.419. The number of hydrogen-bond donors (Lipinski definition) is 3. The molecule has 0 heterocycles. The fourth-order valence-corrected chi connectivity index (χ4v) is 4.25. The van der Waals surface area contributed by atoms with Crippen LogP contribution in [0.15, 0.2) is 42.5 Å². The van der Waals surface area contributed by atoms with E-state index in [-0.39, 0.29) is 0 Å². The lowest BCUT2D eigenvalue weighted by atomic mass is 9.94. The van der Waals surface area contributed by atoms with Crippen LogP contribution in [0.2, 0.25) is 0 Å². The van der Waals surface area contributed by atoms with Crippen molar-refractivity contribution in [3.8, 4) is 12.3 Å². The first-order valence-corrected chi connectivity index (χ1v) is 13.0. The molecule has 0 aliphatic rings. The van der Waals surface area contributed by atoms with Gasteiger partial charge in [0.2, 0.25) is 11.8 Å². The molecule has 0 aliphatic carbocycles. The number of rotatable bonds is 8. The topological polar surface area (TPSA) is 131 Å². The molecule has 4 amide bonds. The van der Waals surface area contributed by atoms with Gasteiger partial charge in [0.05, 0.1) is 6.42 Å². The average molecular weight is 549 g/mol. The third-order valence-electron chi connectivity index (χ3n) is 5.98. The molecule has 2 aromatic rings. The van der Waals surface area contributed by atoms with Crippen molar-refractivity contribution in [2.24, 2.45) is 5.73 Å². The monoisotopic (exact) mass is 548 g/mol. The highest BCUT2D eigenvalue weighted by atomic mass is 16.6. The van der Waals surface area contributed by atoms with Gasteiger partial charge in [0.15, 0.2) is 0 Å². The van der Waals surface area contributed by atoms with Crippen molar-refractivity contribution in [1.82, 2.24) is 10.2 Å². The van der Waals surface area contributed by atoms with Crippen molar-refractivity contribution < 1.29 is 23.9 Å². The van der Waals surface area contributed by atoms with Crippen molar-refractivity contribution in [2.45, 2.75) is 85.0 Å². The minimum Gasteiger partial charge on any atom is -0.444 e. The number of ether oxygens (including phenoxy) is 1. The van der Waals surface area contributed by atoms with E-state index in [0.29, 0.717) is 16.8 Å². The highest BCUT2D eigenvalue weighted by Gasteiger charge is 2.42. The Kier molecular flexibility index (Phi) is 10.1. The molecule has 0 fully saturated rings. The van der Waals surface area contributed by atoms with Gasteiger partial charge in [0, 0.05) is 16.8 Å². The van der Waals surface area contributed by atoms with Crippen LogP contribution in [-0.4, -0.2) is 45.9 Å². The second kappa shape index (κ2) is 12.7. The summed E-state index contributed by atoms with van der Waals surface area (Å²) in [6.07, 6.45) is 4.15. The zero-order chi connectivity index (χ0) is 30.4. The number of carbonyl (C=O) groups is 4. The predicted octanol–water partition coefficient (Wildman–Crippen LogP) is 4.36. The van der Waals surface area contributed by atoms with E-state index < -0.39 is 53.5 Å². The summed E-state index contributed by atoms with van der Waals surface area (Å²) in [5, 5.41) is 5.47. The van der Waals surface area contributed by atoms with Crippen LogP contribution in [0, 0.1) is 26.2 Å². The van der Waals surface area contributed by atoms with Gasteiger partial charge in [-0.05, 0) is 84.2 Å². The lowest BCUT2D eigenvalue weighted by Crippen LogP contribution is -2.58. The van der Waals surface area contributed by atoms with E-state index in [4.69, 9.17) is 16.9 Å². The first-order valence-electron chi connectivity index (χ1n) is 13.0. The highest BCUT2D eigenvalue weighted by molar-refractivity contribution is 6.00. The number of carbonyl (C=O) groups excluding carboxylic acids is 4. The van der Waals surface area contributed by atoms with Crippen LogP contribution in [0.1, 0.15) is 76.3 Å². The van der Waals surface area contributed by atoms with Gasteiger partial charge in [-0.1, -0.05) is 36.3 Å². The molecule has 0 bridgehead atoms. The van der Waals surface area contributed by atoms with E-state index in [2.05, 4.69) is 16.6 Å². The van der Waals surface area contributed by atoms with Gasteiger partial charge in [0.1, 0.15) is 17.7 Å². The molecular formula is C31H40N4O5. The molecule has 0 aromatic heterocycles. The number of amides is 4. The number of nitrogens with one attached hydrogen (secondary N) is 2. The standard InChI is InChI=1S/C31H40N4O5/c1-10-21-14-16-22(17-15-21)26(27(37)34-25-19(2)12-11-13-20(25)3)35(30(4,5)6)28(38)23(18-24(32)36)33-29(39)40-31(7,8)9/h1,11-17,23,26H,18H2,2-9H3,(H2,32,36)(H,33,39)(H,34,37). The van der Waals surface area contributed by atoms with Crippen molar-refractivity contribution in [3.05, 3.63) is 64.7 Å². The summed E-state index contributed by atoms with van der Waals surface area (Å²) in [6, 6.07) is 9.82. The summed E-state index contributed by atoms with van der Waals surface area (Å²) in [5.41, 5.74) is 7.07. The van der Waals surface area contributed by atoms with Gasteiger partial charge in [0.25, 0.3) is 5.91 Å². The largest absolute Gasteiger partial charge is 0.444 e. The average Bonchev–Trinajstić information content (AvgIpc) is 2.81. The van der Waals surface area contributed by atoms with Crippen LogP contribution >= 0.6 is 0 Å². The fourth-order valence-electron chi connectivity index (χ4n) is 4.25. The van der Waals surface area contributed by atoms with Crippen LogP contribution in [0.3, 0.4) is 0 Å². The number of nitrogens with two attached hydrogens (primary N) is 1. The molecule has 9 heteroatoms. The van der Waals surface area contributed by atoms with Gasteiger partial charge in [-0.15, -0.1) is 6.42 Å². The Hall–Kier alpha value is -4.32. The Morgan fingerprint density at radius 3 is 1.98 bits per heavy atom. The molecule has 0 radical (unpaired) electrons. The zero-order valence-corrected chi connectivity index (χ0v) is 24.5. The molecule has 0 spiro atoms. The Labute approximate surface area is 236 Å². The summed E-state index contributed by atoms with van der Waals surface area (Å²) >= 11 is 0. The van der Waals surface area contributed by atoms with Crippen molar-refractivity contribution in [1.29, 1.82) is 0 Å². The zero-order valence-electron chi connectivity index (χ0n) is 24.5. The van der Waals surface area contributed by atoms with Crippen LogP contribution < -0.4 is 16.4 Å². The van der Waals surface area contributed by atoms with E-state index in [1.54, 1.807) is 65.8 Å². The van der Waals surface area contributed by atoms with Crippen molar-refractivity contribution in [3.63, 3.8) is 0 Å². The number of para-hydroxylation sites is 1. The summed E-state index contributed by atoms with van der Waals surface area (Å²) in [5.74, 6) is 0.575. The summed E-state index contributed by atoms with van der Waals surface area (Å²) < 4.78 is 5.32. The highest BCUT2D eigenvalue weighted by Crippen LogP contribution is 2.32. The van der Waals surface area contributed by atoms with E-state index in [1.807, 2.05) is 32.0 Å². The van der Waals surface area contributed by atoms with Gasteiger partial charge in [-0.2, -0.15) is 0 Å². The molecule has 2 aromatic carbocycles. The predicted molar refractivity (Wildman–Crippen MR) is 155 cm³/mol. The van der Waals surface area contributed by atoms with E-state index in [0.717, 1.165) is 11.1 Å². The van der Waals surface area contributed by atoms with Crippen LogP contribution in [0.4, 0.5) is 10.5 Å². The third kappa shape index (κ3) is 8.60. The molecule has 9 nitrogen and oxygen atoms in total. The Morgan fingerprint density at radius 2 is 1.52 bits per heavy atom. The van der Waals surface area contributed by atoms with Crippen molar-refractivity contribution >= 4 is 29.5 Å². The molecule has 40 heavy (non-hydrogen) atoms. The molecule has 0 saturated heterocycles. The van der Waals surface area contributed by atoms with Gasteiger partial charge in [-0.3, -0.25) is 14.4 Å². The quantitative estimate of drug-likeness (QED) is 0.422. The number of benzene rings is 2. The Bertz CT molecular complexity index is 1280. The molecule has 2 unspecified atom stereocenters. The first-order chi connectivity index (χ1) is 18.4. The molecular weight excluding hydrogens is 508 g/mol. The molecule has 214 valence electrons. The van der Waals surface area contributed by atoms with E-state index >= 15 is 0 Å². The SMILES string of the molecule is C#Cc1ccc(C(C(=O)Nc2c(C)cccc2C)N(C(=O)C(CC(N)=O)NC(=O)OC(C)(C)C)C(C)(C)C)cc1. The second-order valence-electron chi connectivity index (χ2n) is 11.7. The number of primary amides is 1. The lowest BCUT2D eigenvalue weighted by Gasteiger charge is -2.43. The van der Waals surface area contributed by atoms with Gasteiger partial charge >= 0.3 is 6.09 Å². The molecule has 4 N–H and O–H groups in total. The number of anilines is 1. The number of nitrogens with zero attached hydrogens (tertiary/aromatic N) is 1. The van der Waals surface area contributed by atoms with Crippen LogP contribution in [0.5, 0.6) is 0 Å². The Morgan fingerprint density at radius 1 is 0.975 bits per heavy atom. The lowest BCUT2D eigenvalue weighted by molar-refractivity contribution is -0.147. The normalized spacial score (nSPS) is 12.9. The maximum Gasteiger partial charge on any atom is 0.408 e. The summed E-state index contributed by atoms with van der Waals surface area (Å²) in [4.78, 5) is 54.2. The number of alkyl carbamates (subject to hydrolysis) is 1. The maximum absolute atomic E-state index is 14.2. The number of terminal acetylenes is 1. The molecule has 2 atom stereocenters. The van der Waals surface area contributed by atoms with Crippen molar-refractivity contribution in [2.75, 3.05) is 5.32 Å². The smallest absolute Gasteiger partial charge is 0.408 e. The Balaban J connectivity index is 2.66. The van der Waals surface area contributed by atoms with E-state index in [9.17, 15) is 19.2 Å². The van der Waals surface area contributed by atoms with E-state index in [1.165, 1.54) is 4.90 Å². The third-order valence-corrected chi connectivity index (χ3v) is 5.98. The molecule has 0 saturated carbocycles. The van der Waals surface area contributed by atoms with Gasteiger partial charge in [-0.25, -0.2) is 4.79 Å². The minimum absolute atomic E-state index is 0.482. The summed E-state index contributed by atoms with van der Waals surface area (Å²) in [6.45, 7) is 14.0. The molecule has 2 rings (SSSR count). The minimum atomic E-state index is -1.38. The molecule has 0 aliphatic heterocycles. The van der Waals surface area contributed by atoms with Crippen LogP contribution in [0.25, 0.3) is 0 Å². The number of aryl methyl sites for hydroxylation is 2. The van der Waals surface area contributed by atoms with Crippen LogP contribution in [-0.2, 0) is 19.1 Å². The summed E-state index contributed by atoms with van der Waals surface area (Å²) in [7, 11) is 0. The van der Waals surface area contributed by atoms with Gasteiger partial charge < -0.3 is 26.0 Å².